The second-order valence-corrected chi connectivity index (χ2v) is 6.36. The van der Waals surface area contributed by atoms with Gasteiger partial charge in [-0.3, -0.25) is 4.79 Å². The fraction of sp³-hybridized carbons (Fsp3) is 0.263. The van der Waals surface area contributed by atoms with E-state index in [1.165, 1.54) is 12.1 Å². The van der Waals surface area contributed by atoms with Crippen LogP contribution in [0.15, 0.2) is 54.6 Å². The van der Waals surface area contributed by atoms with Crippen LogP contribution in [0.25, 0.3) is 5.69 Å². The molecule has 132 valence electrons. The summed E-state index contributed by atoms with van der Waals surface area (Å²) in [7, 11) is 0. The molecule has 1 heterocycles. The molecule has 0 amide bonds. The highest BCUT2D eigenvalue weighted by Gasteiger charge is 2.47. The third kappa shape index (κ3) is 2.85. The van der Waals surface area contributed by atoms with Crippen molar-refractivity contribution in [2.45, 2.75) is 31.3 Å². The van der Waals surface area contributed by atoms with E-state index in [0.717, 1.165) is 17.7 Å². The maximum atomic E-state index is 13.2. The zero-order chi connectivity index (χ0) is 18.0. The van der Waals surface area contributed by atoms with Crippen LogP contribution in [0.1, 0.15) is 30.7 Å². The van der Waals surface area contributed by atoms with Crippen LogP contribution in [0.4, 0.5) is 4.39 Å². The lowest BCUT2D eigenvalue weighted by atomic mass is 9.64. The van der Waals surface area contributed by atoms with Gasteiger partial charge in [0, 0.05) is 0 Å². The van der Waals surface area contributed by atoms with Crippen LogP contribution in [-0.2, 0) is 21.6 Å². The number of hydrogen-bond acceptors (Lipinski definition) is 5. The molecule has 0 N–H and O–H groups in total. The standard InChI is InChI=1S/C19H17FN4O2/c20-15-9-7-14(8-10-15)19(11-4-12-19)18(25)26-13-17-21-22-23-24(17)16-5-2-1-3-6-16/h1-3,5-10H,4,11-13H2. The van der Waals surface area contributed by atoms with Crippen molar-refractivity contribution < 1.29 is 13.9 Å². The second-order valence-electron chi connectivity index (χ2n) is 6.36. The Morgan fingerprint density at radius 1 is 1.12 bits per heavy atom. The zero-order valence-corrected chi connectivity index (χ0v) is 14.0. The summed E-state index contributed by atoms with van der Waals surface area (Å²) < 4.78 is 20.3. The van der Waals surface area contributed by atoms with E-state index in [1.807, 2.05) is 30.3 Å². The van der Waals surface area contributed by atoms with Gasteiger partial charge in [0.1, 0.15) is 5.82 Å². The predicted molar refractivity (Wildman–Crippen MR) is 90.9 cm³/mol. The van der Waals surface area contributed by atoms with Crippen molar-refractivity contribution >= 4 is 5.97 Å². The summed E-state index contributed by atoms with van der Waals surface area (Å²) in [6.07, 6.45) is 2.33. The average molecular weight is 352 g/mol. The van der Waals surface area contributed by atoms with Gasteiger partial charge >= 0.3 is 5.97 Å². The minimum absolute atomic E-state index is 0.0241. The normalized spacial score (nSPS) is 15.3. The van der Waals surface area contributed by atoms with Crippen LogP contribution in [0.2, 0.25) is 0 Å². The van der Waals surface area contributed by atoms with Gasteiger partial charge < -0.3 is 4.74 Å². The van der Waals surface area contributed by atoms with Crippen LogP contribution >= 0.6 is 0 Å². The molecule has 2 aromatic carbocycles. The van der Waals surface area contributed by atoms with Crippen molar-refractivity contribution in [3.8, 4) is 5.69 Å². The number of halogens is 1. The van der Waals surface area contributed by atoms with Crippen LogP contribution in [-0.4, -0.2) is 26.2 Å². The van der Waals surface area contributed by atoms with Crippen molar-refractivity contribution in [1.29, 1.82) is 0 Å². The topological polar surface area (TPSA) is 69.9 Å². The minimum atomic E-state index is -0.696. The number of tetrazole rings is 1. The van der Waals surface area contributed by atoms with Crippen molar-refractivity contribution in [1.82, 2.24) is 20.2 Å². The lowest BCUT2D eigenvalue weighted by molar-refractivity contribution is -0.156. The SMILES string of the molecule is O=C(OCc1nnnn1-c1ccccc1)C1(c2ccc(F)cc2)CCC1. The molecule has 1 saturated carbocycles. The van der Waals surface area contributed by atoms with Gasteiger partial charge in [0.05, 0.1) is 11.1 Å². The van der Waals surface area contributed by atoms with Crippen molar-refractivity contribution in [3.05, 3.63) is 71.8 Å². The molecule has 4 rings (SSSR count). The minimum Gasteiger partial charge on any atom is -0.457 e. The highest BCUT2D eigenvalue weighted by Crippen LogP contribution is 2.44. The van der Waals surface area contributed by atoms with E-state index in [4.69, 9.17) is 4.74 Å². The number of carbonyl (C=O) groups excluding carboxylic acids is 1. The molecule has 0 saturated heterocycles. The molecule has 0 atom stereocenters. The largest absolute Gasteiger partial charge is 0.457 e. The van der Waals surface area contributed by atoms with Gasteiger partial charge in [-0.25, -0.2) is 4.39 Å². The summed E-state index contributed by atoms with van der Waals surface area (Å²) in [5.74, 6) is -0.199. The number of nitrogens with zero attached hydrogens (tertiary/aromatic N) is 4. The number of para-hydroxylation sites is 1. The Hall–Kier alpha value is -3.09. The number of carbonyl (C=O) groups is 1. The smallest absolute Gasteiger partial charge is 0.317 e. The first-order valence-corrected chi connectivity index (χ1v) is 8.45. The Morgan fingerprint density at radius 3 is 2.50 bits per heavy atom. The van der Waals surface area contributed by atoms with Crippen LogP contribution in [0.3, 0.4) is 0 Å². The first kappa shape index (κ1) is 16.4. The van der Waals surface area contributed by atoms with Crippen LogP contribution in [0.5, 0.6) is 0 Å². The fourth-order valence-corrected chi connectivity index (χ4v) is 3.24. The van der Waals surface area contributed by atoms with E-state index < -0.39 is 5.41 Å². The Bertz CT molecular complexity index is 905. The van der Waals surface area contributed by atoms with E-state index in [-0.39, 0.29) is 18.4 Å². The Balaban J connectivity index is 1.51. The maximum Gasteiger partial charge on any atom is 0.317 e. The monoisotopic (exact) mass is 352 g/mol. The molecule has 7 heteroatoms. The van der Waals surface area contributed by atoms with Gasteiger partial charge in [0.15, 0.2) is 12.4 Å². The number of rotatable bonds is 5. The van der Waals surface area contributed by atoms with Crippen LogP contribution < -0.4 is 0 Å². The molecule has 1 aliphatic rings. The van der Waals surface area contributed by atoms with Gasteiger partial charge in [-0.1, -0.05) is 36.8 Å². The molecule has 0 bridgehead atoms. The number of esters is 1. The third-order valence-electron chi connectivity index (χ3n) is 4.86. The van der Waals surface area contributed by atoms with Crippen molar-refractivity contribution in [3.63, 3.8) is 0 Å². The van der Waals surface area contributed by atoms with E-state index in [0.29, 0.717) is 18.7 Å². The highest BCUT2D eigenvalue weighted by molar-refractivity contribution is 5.84. The summed E-state index contributed by atoms with van der Waals surface area (Å²) in [6.45, 7) is -0.0241. The maximum absolute atomic E-state index is 13.2. The molecule has 0 spiro atoms. The van der Waals surface area contributed by atoms with E-state index >= 15 is 0 Å². The molecule has 1 fully saturated rings. The average Bonchev–Trinajstić information content (AvgIpc) is 3.10. The lowest BCUT2D eigenvalue weighted by Gasteiger charge is -2.39. The first-order valence-electron chi connectivity index (χ1n) is 8.45. The van der Waals surface area contributed by atoms with Gasteiger partial charge in [-0.05, 0) is 53.1 Å². The third-order valence-corrected chi connectivity index (χ3v) is 4.86. The zero-order valence-electron chi connectivity index (χ0n) is 14.0. The molecular formula is C19H17FN4O2. The Morgan fingerprint density at radius 2 is 1.85 bits per heavy atom. The summed E-state index contributed by atoms with van der Waals surface area (Å²) in [6, 6.07) is 15.5. The molecular weight excluding hydrogens is 335 g/mol. The number of aromatic nitrogens is 4. The Labute approximate surface area is 149 Å². The molecule has 0 radical (unpaired) electrons. The molecule has 1 aromatic heterocycles. The van der Waals surface area contributed by atoms with Gasteiger partial charge in [-0.2, -0.15) is 4.68 Å². The fourth-order valence-electron chi connectivity index (χ4n) is 3.24. The summed E-state index contributed by atoms with van der Waals surface area (Å²) >= 11 is 0. The van der Waals surface area contributed by atoms with Crippen molar-refractivity contribution in [2.24, 2.45) is 0 Å². The van der Waals surface area contributed by atoms with Gasteiger partial charge in [0.25, 0.3) is 0 Å². The predicted octanol–water partition coefficient (Wildman–Crippen LogP) is 2.97. The van der Waals surface area contributed by atoms with Gasteiger partial charge in [-0.15, -0.1) is 5.10 Å². The molecule has 26 heavy (non-hydrogen) atoms. The first-order chi connectivity index (χ1) is 12.7. The number of benzene rings is 2. The Kier molecular flexibility index (Phi) is 4.20. The highest BCUT2D eigenvalue weighted by atomic mass is 19.1. The summed E-state index contributed by atoms with van der Waals surface area (Å²) in [5.41, 5.74) is 0.886. The lowest BCUT2D eigenvalue weighted by Crippen LogP contribution is -2.43. The summed E-state index contributed by atoms with van der Waals surface area (Å²) in [5, 5.41) is 11.6. The second kappa shape index (κ2) is 6.67. The molecule has 0 aliphatic heterocycles. The van der Waals surface area contributed by atoms with E-state index in [2.05, 4.69) is 15.5 Å². The van der Waals surface area contributed by atoms with Crippen LogP contribution in [0, 0.1) is 5.82 Å². The van der Waals surface area contributed by atoms with E-state index in [1.54, 1.807) is 16.8 Å². The molecule has 6 nitrogen and oxygen atoms in total. The quantitative estimate of drug-likeness (QED) is 0.660. The molecule has 1 aliphatic carbocycles. The van der Waals surface area contributed by atoms with Crippen molar-refractivity contribution in [2.75, 3.05) is 0 Å². The van der Waals surface area contributed by atoms with Gasteiger partial charge in [0.2, 0.25) is 0 Å². The number of hydrogen-bond donors (Lipinski definition) is 0. The molecule has 3 aromatic rings. The summed E-state index contributed by atoms with van der Waals surface area (Å²) in [4.78, 5) is 12.8. The molecule has 0 unspecified atom stereocenters. The van der Waals surface area contributed by atoms with E-state index in [9.17, 15) is 9.18 Å². The number of ether oxygens (including phenoxy) is 1.